The lowest BCUT2D eigenvalue weighted by Crippen LogP contribution is -2.11. The van der Waals surface area contributed by atoms with Crippen molar-refractivity contribution < 1.29 is 9.53 Å². The maximum absolute atomic E-state index is 11.0. The third-order valence-electron chi connectivity index (χ3n) is 1.64. The zero-order valence-electron chi connectivity index (χ0n) is 7.02. The van der Waals surface area contributed by atoms with Gasteiger partial charge in [0.2, 0.25) is 0 Å². The zero-order chi connectivity index (χ0) is 8.97. The van der Waals surface area contributed by atoms with Crippen LogP contribution in [0.3, 0.4) is 0 Å². The van der Waals surface area contributed by atoms with Crippen LogP contribution in [0.1, 0.15) is 18.4 Å². The molecule has 0 aromatic carbocycles. The lowest BCUT2D eigenvalue weighted by atomic mass is 10.1. The molecule has 1 aromatic heterocycles. The minimum atomic E-state index is -0.295. The van der Waals surface area contributed by atoms with Gasteiger partial charge in [0, 0.05) is 18.0 Å². The summed E-state index contributed by atoms with van der Waals surface area (Å²) in [5.74, 6) is -0.569. The largest absolute Gasteiger partial charge is 0.469 e. The smallest absolute Gasteiger partial charge is 0.312 e. The van der Waals surface area contributed by atoms with Gasteiger partial charge in [0.1, 0.15) is 6.33 Å². The van der Waals surface area contributed by atoms with Gasteiger partial charge in [0.05, 0.1) is 13.0 Å². The van der Waals surface area contributed by atoms with Gasteiger partial charge in [-0.1, -0.05) is 0 Å². The molecule has 0 amide bonds. The minimum Gasteiger partial charge on any atom is -0.469 e. The standard InChI is InChI=1S/C8H10N2O2/c1-6(8(11)12-2)7-3-9-5-10-4-7/h3-6H,1-2H3. The van der Waals surface area contributed by atoms with E-state index in [2.05, 4.69) is 14.7 Å². The van der Waals surface area contributed by atoms with Crippen LogP contribution < -0.4 is 0 Å². The van der Waals surface area contributed by atoms with Crippen LogP contribution in [0.25, 0.3) is 0 Å². The summed E-state index contributed by atoms with van der Waals surface area (Å²) >= 11 is 0. The number of esters is 1. The first kappa shape index (κ1) is 8.64. The monoisotopic (exact) mass is 166 g/mol. The van der Waals surface area contributed by atoms with E-state index >= 15 is 0 Å². The Morgan fingerprint density at radius 1 is 1.50 bits per heavy atom. The molecule has 64 valence electrons. The molecule has 1 unspecified atom stereocenters. The van der Waals surface area contributed by atoms with Gasteiger partial charge in [-0.15, -0.1) is 0 Å². The molecule has 0 aliphatic carbocycles. The molecule has 1 heterocycles. The van der Waals surface area contributed by atoms with E-state index < -0.39 is 0 Å². The van der Waals surface area contributed by atoms with Crippen LogP contribution in [-0.4, -0.2) is 23.0 Å². The molecule has 0 N–H and O–H groups in total. The Morgan fingerprint density at radius 3 is 2.58 bits per heavy atom. The average molecular weight is 166 g/mol. The Bertz CT molecular complexity index is 261. The van der Waals surface area contributed by atoms with E-state index in [0.29, 0.717) is 0 Å². The van der Waals surface area contributed by atoms with Gasteiger partial charge in [-0.3, -0.25) is 4.79 Å². The first-order chi connectivity index (χ1) is 5.75. The van der Waals surface area contributed by atoms with Crippen LogP contribution >= 0.6 is 0 Å². The van der Waals surface area contributed by atoms with E-state index in [1.54, 1.807) is 19.3 Å². The van der Waals surface area contributed by atoms with E-state index in [4.69, 9.17) is 0 Å². The molecule has 12 heavy (non-hydrogen) atoms. The van der Waals surface area contributed by atoms with Gasteiger partial charge in [0.15, 0.2) is 0 Å². The van der Waals surface area contributed by atoms with E-state index in [9.17, 15) is 4.79 Å². The predicted molar refractivity (Wildman–Crippen MR) is 42.5 cm³/mol. The summed E-state index contributed by atoms with van der Waals surface area (Å²) in [5, 5.41) is 0. The van der Waals surface area contributed by atoms with E-state index in [1.807, 2.05) is 0 Å². The van der Waals surface area contributed by atoms with Crippen molar-refractivity contribution in [3.8, 4) is 0 Å². The molecule has 0 fully saturated rings. The molecule has 4 heteroatoms. The second kappa shape index (κ2) is 3.80. The molecule has 1 atom stereocenters. The second-order valence-electron chi connectivity index (χ2n) is 2.42. The van der Waals surface area contributed by atoms with E-state index in [-0.39, 0.29) is 11.9 Å². The van der Waals surface area contributed by atoms with Crippen molar-refractivity contribution in [3.63, 3.8) is 0 Å². The summed E-state index contributed by atoms with van der Waals surface area (Å²) in [7, 11) is 1.36. The highest BCUT2D eigenvalue weighted by molar-refractivity contribution is 5.77. The molecular formula is C8H10N2O2. The molecule has 0 aliphatic rings. The summed E-state index contributed by atoms with van der Waals surface area (Å²) < 4.78 is 4.57. The van der Waals surface area contributed by atoms with Gasteiger partial charge < -0.3 is 4.74 Å². The summed E-state index contributed by atoms with van der Waals surface area (Å²) in [5.41, 5.74) is 0.768. The molecule has 0 saturated carbocycles. The van der Waals surface area contributed by atoms with Crippen molar-refractivity contribution in [2.45, 2.75) is 12.8 Å². The normalized spacial score (nSPS) is 12.2. The molecule has 1 rings (SSSR count). The van der Waals surface area contributed by atoms with Crippen molar-refractivity contribution >= 4 is 5.97 Å². The quantitative estimate of drug-likeness (QED) is 0.608. The Morgan fingerprint density at radius 2 is 2.08 bits per heavy atom. The van der Waals surface area contributed by atoms with E-state index in [0.717, 1.165) is 5.56 Å². The Balaban J connectivity index is 2.78. The molecule has 0 spiro atoms. The van der Waals surface area contributed by atoms with Gasteiger partial charge in [-0.25, -0.2) is 9.97 Å². The van der Waals surface area contributed by atoms with Crippen molar-refractivity contribution in [2.75, 3.05) is 7.11 Å². The molecule has 0 radical (unpaired) electrons. The highest BCUT2D eigenvalue weighted by Crippen LogP contribution is 2.13. The number of nitrogens with zero attached hydrogens (tertiary/aromatic N) is 2. The van der Waals surface area contributed by atoms with Gasteiger partial charge >= 0.3 is 5.97 Å². The Labute approximate surface area is 70.6 Å². The number of rotatable bonds is 2. The topological polar surface area (TPSA) is 52.1 Å². The molecule has 4 nitrogen and oxygen atoms in total. The van der Waals surface area contributed by atoms with Crippen LogP contribution in [0.15, 0.2) is 18.7 Å². The Hall–Kier alpha value is -1.45. The number of carbonyl (C=O) groups is 1. The highest BCUT2D eigenvalue weighted by Gasteiger charge is 2.15. The first-order valence-corrected chi connectivity index (χ1v) is 3.58. The van der Waals surface area contributed by atoms with Crippen molar-refractivity contribution in [3.05, 3.63) is 24.3 Å². The maximum atomic E-state index is 11.0. The molecule has 0 saturated heterocycles. The summed E-state index contributed by atoms with van der Waals surface area (Å²) in [6.07, 6.45) is 4.64. The predicted octanol–water partition coefficient (Wildman–Crippen LogP) is 0.753. The fourth-order valence-electron chi connectivity index (χ4n) is 0.847. The average Bonchev–Trinajstić information content (AvgIpc) is 2.17. The molecule has 0 bridgehead atoms. The van der Waals surface area contributed by atoms with Crippen LogP contribution in [0.4, 0.5) is 0 Å². The van der Waals surface area contributed by atoms with Gasteiger partial charge in [0.25, 0.3) is 0 Å². The minimum absolute atomic E-state index is 0.273. The van der Waals surface area contributed by atoms with E-state index in [1.165, 1.54) is 13.4 Å². The lowest BCUT2D eigenvalue weighted by Gasteiger charge is -2.06. The summed E-state index contributed by atoms with van der Waals surface area (Å²) in [4.78, 5) is 18.6. The third kappa shape index (κ3) is 1.78. The molecular weight excluding hydrogens is 156 g/mol. The Kier molecular flexibility index (Phi) is 2.74. The summed E-state index contributed by atoms with van der Waals surface area (Å²) in [6.45, 7) is 1.75. The first-order valence-electron chi connectivity index (χ1n) is 3.58. The molecule has 0 aliphatic heterocycles. The van der Waals surface area contributed by atoms with Crippen LogP contribution in [-0.2, 0) is 9.53 Å². The van der Waals surface area contributed by atoms with Crippen LogP contribution in [0.2, 0.25) is 0 Å². The number of hydrogen-bond acceptors (Lipinski definition) is 4. The number of aromatic nitrogens is 2. The molecule has 1 aromatic rings. The van der Waals surface area contributed by atoms with Crippen LogP contribution in [0.5, 0.6) is 0 Å². The highest BCUT2D eigenvalue weighted by atomic mass is 16.5. The van der Waals surface area contributed by atoms with Crippen molar-refractivity contribution in [2.24, 2.45) is 0 Å². The number of carbonyl (C=O) groups excluding carboxylic acids is 1. The van der Waals surface area contributed by atoms with Crippen LogP contribution in [0, 0.1) is 0 Å². The third-order valence-corrected chi connectivity index (χ3v) is 1.64. The maximum Gasteiger partial charge on any atom is 0.312 e. The fourth-order valence-corrected chi connectivity index (χ4v) is 0.847. The van der Waals surface area contributed by atoms with Gasteiger partial charge in [-0.2, -0.15) is 0 Å². The lowest BCUT2D eigenvalue weighted by molar-refractivity contribution is -0.142. The number of hydrogen-bond donors (Lipinski definition) is 0. The SMILES string of the molecule is COC(=O)C(C)c1cncnc1. The number of ether oxygens (including phenoxy) is 1. The zero-order valence-corrected chi connectivity index (χ0v) is 7.02. The number of methoxy groups -OCH3 is 1. The summed E-state index contributed by atoms with van der Waals surface area (Å²) in [6, 6.07) is 0. The fraction of sp³-hybridized carbons (Fsp3) is 0.375. The van der Waals surface area contributed by atoms with Crippen molar-refractivity contribution in [1.82, 2.24) is 9.97 Å². The van der Waals surface area contributed by atoms with Crippen molar-refractivity contribution in [1.29, 1.82) is 0 Å². The second-order valence-corrected chi connectivity index (χ2v) is 2.42. The van der Waals surface area contributed by atoms with Gasteiger partial charge in [-0.05, 0) is 6.92 Å².